The van der Waals surface area contributed by atoms with Crippen LogP contribution in [-0.2, 0) is 0 Å². The number of benzene rings is 3. The lowest BCUT2D eigenvalue weighted by molar-refractivity contribution is -0.385. The third-order valence-corrected chi connectivity index (χ3v) is 4.77. The zero-order chi connectivity index (χ0) is 21.1. The fourth-order valence-corrected chi connectivity index (χ4v) is 3.38. The minimum Gasteiger partial charge on any atom is -0.434 e. The molecule has 0 saturated carbocycles. The Morgan fingerprint density at radius 3 is 2.53 bits per heavy atom. The van der Waals surface area contributed by atoms with E-state index in [1.54, 1.807) is 11.0 Å². The van der Waals surface area contributed by atoms with Gasteiger partial charge in [-0.05, 0) is 54.4 Å². The second kappa shape index (κ2) is 8.16. The smallest absolute Gasteiger partial charge is 0.373 e. The highest BCUT2D eigenvalue weighted by Crippen LogP contribution is 2.39. The number of aromatic nitrogens is 2. The van der Waals surface area contributed by atoms with Crippen LogP contribution in [0.15, 0.2) is 73.1 Å². The summed E-state index contributed by atoms with van der Waals surface area (Å²) in [6, 6.07) is 21.1. The summed E-state index contributed by atoms with van der Waals surface area (Å²) < 4.78 is 5.85. The number of ether oxygens (including phenoxy) is 1. The van der Waals surface area contributed by atoms with Crippen molar-refractivity contribution in [2.75, 3.05) is 11.4 Å². The van der Waals surface area contributed by atoms with E-state index in [1.807, 2.05) is 74.5 Å². The molecule has 0 bridgehead atoms. The summed E-state index contributed by atoms with van der Waals surface area (Å²) in [5.74, 6) is 0.574. The van der Waals surface area contributed by atoms with E-state index in [1.165, 1.54) is 6.33 Å². The SMILES string of the molecule is CCN(c1cccc(C)c1)c1ncnc(Oc2ccc3ccccc3c2)c1[N+](=O)[O-]. The van der Waals surface area contributed by atoms with Gasteiger partial charge in [-0.3, -0.25) is 10.1 Å². The normalized spacial score (nSPS) is 10.7. The van der Waals surface area contributed by atoms with Crippen molar-refractivity contribution in [3.63, 3.8) is 0 Å². The van der Waals surface area contributed by atoms with Crippen LogP contribution >= 0.6 is 0 Å². The van der Waals surface area contributed by atoms with Gasteiger partial charge in [0.2, 0.25) is 5.82 Å². The molecule has 0 N–H and O–H groups in total. The van der Waals surface area contributed by atoms with Gasteiger partial charge in [-0.25, -0.2) is 4.98 Å². The third kappa shape index (κ3) is 3.77. The Morgan fingerprint density at radius 1 is 1.00 bits per heavy atom. The Morgan fingerprint density at radius 2 is 1.80 bits per heavy atom. The van der Waals surface area contributed by atoms with Crippen molar-refractivity contribution in [2.24, 2.45) is 0 Å². The van der Waals surface area contributed by atoms with Crippen molar-refractivity contribution in [3.05, 3.63) is 88.7 Å². The average molecular weight is 400 g/mol. The van der Waals surface area contributed by atoms with Crippen LogP contribution in [0.4, 0.5) is 17.2 Å². The second-order valence-electron chi connectivity index (χ2n) is 6.80. The molecule has 0 aliphatic rings. The molecule has 0 aliphatic carbocycles. The molecule has 4 rings (SSSR count). The number of aryl methyl sites for hydroxylation is 1. The van der Waals surface area contributed by atoms with Gasteiger partial charge in [-0.15, -0.1) is 0 Å². The predicted molar refractivity (Wildman–Crippen MR) is 117 cm³/mol. The molecule has 0 radical (unpaired) electrons. The molecule has 4 aromatic rings. The van der Waals surface area contributed by atoms with Crippen molar-refractivity contribution in [3.8, 4) is 11.6 Å². The van der Waals surface area contributed by atoms with Crippen LogP contribution in [0.5, 0.6) is 11.6 Å². The number of nitrogens with zero attached hydrogens (tertiary/aromatic N) is 4. The minimum atomic E-state index is -0.496. The quantitative estimate of drug-likeness (QED) is 0.301. The van der Waals surface area contributed by atoms with Crippen LogP contribution in [-0.4, -0.2) is 21.4 Å². The van der Waals surface area contributed by atoms with Gasteiger partial charge in [0.1, 0.15) is 12.1 Å². The molecule has 1 heterocycles. The van der Waals surface area contributed by atoms with Gasteiger partial charge in [0.15, 0.2) is 0 Å². The fraction of sp³-hybridized carbons (Fsp3) is 0.130. The zero-order valence-corrected chi connectivity index (χ0v) is 16.6. The van der Waals surface area contributed by atoms with Crippen LogP contribution in [0.1, 0.15) is 12.5 Å². The highest BCUT2D eigenvalue weighted by molar-refractivity contribution is 5.84. The molecule has 7 heteroatoms. The molecular formula is C23H20N4O3. The van der Waals surface area contributed by atoms with Gasteiger partial charge in [0.25, 0.3) is 0 Å². The molecule has 7 nitrogen and oxygen atoms in total. The fourth-order valence-electron chi connectivity index (χ4n) is 3.38. The molecule has 0 aliphatic heterocycles. The lowest BCUT2D eigenvalue weighted by Gasteiger charge is -2.22. The molecule has 1 aromatic heterocycles. The lowest BCUT2D eigenvalue weighted by atomic mass is 10.1. The summed E-state index contributed by atoms with van der Waals surface area (Å²) in [7, 11) is 0. The summed E-state index contributed by atoms with van der Waals surface area (Å²) in [5.41, 5.74) is 1.60. The summed E-state index contributed by atoms with van der Waals surface area (Å²) in [4.78, 5) is 21.5. The van der Waals surface area contributed by atoms with Gasteiger partial charge >= 0.3 is 11.6 Å². The van der Waals surface area contributed by atoms with Gasteiger partial charge < -0.3 is 9.64 Å². The standard InChI is InChI=1S/C23H20N4O3/c1-3-26(19-10-6-7-16(2)13-19)22-21(27(28)29)23(25-15-24-22)30-20-12-11-17-8-4-5-9-18(17)14-20/h4-15H,3H2,1-2H3. The highest BCUT2D eigenvalue weighted by Gasteiger charge is 2.29. The van der Waals surface area contributed by atoms with Gasteiger partial charge in [-0.1, -0.05) is 42.5 Å². The van der Waals surface area contributed by atoms with Crippen LogP contribution < -0.4 is 9.64 Å². The van der Waals surface area contributed by atoms with Crippen molar-refractivity contribution >= 4 is 28.0 Å². The highest BCUT2D eigenvalue weighted by atomic mass is 16.6. The Kier molecular flexibility index (Phi) is 5.26. The summed E-state index contributed by atoms with van der Waals surface area (Å²) >= 11 is 0. The molecule has 3 aromatic carbocycles. The molecule has 0 fully saturated rings. The first-order valence-electron chi connectivity index (χ1n) is 9.57. The summed E-state index contributed by atoms with van der Waals surface area (Å²) in [6.07, 6.45) is 1.29. The number of hydrogen-bond donors (Lipinski definition) is 0. The topological polar surface area (TPSA) is 81.4 Å². The van der Waals surface area contributed by atoms with Crippen LogP contribution in [0.25, 0.3) is 10.8 Å². The van der Waals surface area contributed by atoms with Gasteiger partial charge in [0, 0.05) is 12.2 Å². The van der Waals surface area contributed by atoms with E-state index in [4.69, 9.17) is 4.74 Å². The number of fused-ring (bicyclic) bond motifs is 1. The Labute approximate surface area is 173 Å². The van der Waals surface area contributed by atoms with Crippen LogP contribution in [0, 0.1) is 17.0 Å². The van der Waals surface area contributed by atoms with E-state index in [0.29, 0.717) is 12.3 Å². The summed E-state index contributed by atoms with van der Waals surface area (Å²) in [6.45, 7) is 4.38. The number of rotatable bonds is 6. The number of hydrogen-bond acceptors (Lipinski definition) is 6. The van der Waals surface area contributed by atoms with Crippen molar-refractivity contribution in [2.45, 2.75) is 13.8 Å². The van der Waals surface area contributed by atoms with Crippen LogP contribution in [0.3, 0.4) is 0 Å². The van der Waals surface area contributed by atoms with E-state index >= 15 is 0 Å². The molecule has 0 unspecified atom stereocenters. The van der Waals surface area contributed by atoms with Gasteiger partial charge in [0.05, 0.1) is 4.92 Å². The molecule has 0 saturated heterocycles. The average Bonchev–Trinajstić information content (AvgIpc) is 2.74. The Hall–Kier alpha value is -4.00. The maximum Gasteiger partial charge on any atom is 0.373 e. The first-order valence-corrected chi connectivity index (χ1v) is 9.57. The molecule has 0 atom stereocenters. The van der Waals surface area contributed by atoms with E-state index in [-0.39, 0.29) is 17.4 Å². The maximum absolute atomic E-state index is 12.0. The molecular weight excluding hydrogens is 380 g/mol. The predicted octanol–water partition coefficient (Wildman–Crippen LogP) is 5.80. The summed E-state index contributed by atoms with van der Waals surface area (Å²) in [5, 5.41) is 14.0. The Bertz CT molecular complexity index is 1230. The maximum atomic E-state index is 12.0. The van der Waals surface area contributed by atoms with E-state index in [0.717, 1.165) is 22.0 Å². The van der Waals surface area contributed by atoms with E-state index in [2.05, 4.69) is 9.97 Å². The third-order valence-electron chi connectivity index (χ3n) is 4.77. The zero-order valence-electron chi connectivity index (χ0n) is 16.6. The monoisotopic (exact) mass is 400 g/mol. The van der Waals surface area contributed by atoms with E-state index < -0.39 is 4.92 Å². The Balaban J connectivity index is 1.78. The van der Waals surface area contributed by atoms with E-state index in [9.17, 15) is 10.1 Å². The first-order chi connectivity index (χ1) is 14.6. The number of nitro groups is 1. The molecule has 0 amide bonds. The van der Waals surface area contributed by atoms with Gasteiger partial charge in [-0.2, -0.15) is 4.98 Å². The van der Waals surface area contributed by atoms with Crippen molar-refractivity contribution in [1.82, 2.24) is 9.97 Å². The molecule has 0 spiro atoms. The van der Waals surface area contributed by atoms with Crippen LogP contribution in [0.2, 0.25) is 0 Å². The van der Waals surface area contributed by atoms with Crippen molar-refractivity contribution in [1.29, 1.82) is 0 Å². The first kappa shape index (κ1) is 19.3. The number of anilines is 2. The second-order valence-corrected chi connectivity index (χ2v) is 6.80. The minimum absolute atomic E-state index is 0.0913. The molecule has 150 valence electrons. The van der Waals surface area contributed by atoms with Crippen molar-refractivity contribution < 1.29 is 9.66 Å². The molecule has 30 heavy (non-hydrogen) atoms. The largest absolute Gasteiger partial charge is 0.434 e. The lowest BCUT2D eigenvalue weighted by Crippen LogP contribution is -2.19.